The highest BCUT2D eigenvalue weighted by Crippen LogP contribution is 2.34. The third-order valence-corrected chi connectivity index (χ3v) is 2.70. The van der Waals surface area contributed by atoms with Gasteiger partial charge in [-0.1, -0.05) is 24.8 Å². The van der Waals surface area contributed by atoms with Crippen LogP contribution in [0.5, 0.6) is 11.5 Å². The number of fused-ring (bicyclic) bond motifs is 1. The lowest BCUT2D eigenvalue weighted by Crippen LogP contribution is -1.96. The summed E-state index contributed by atoms with van der Waals surface area (Å²) in [6.07, 6.45) is 2.49. The van der Waals surface area contributed by atoms with Crippen molar-refractivity contribution in [1.29, 1.82) is 0 Å². The largest absolute Gasteiger partial charge is 0.496 e. The number of aldehydes is 1. The van der Waals surface area contributed by atoms with Crippen molar-refractivity contribution >= 4 is 17.1 Å². The average molecular weight is 242 g/mol. The minimum absolute atomic E-state index is 0.397. The van der Waals surface area contributed by atoms with Crippen LogP contribution in [0.2, 0.25) is 0 Å². The number of benzene rings is 2. The van der Waals surface area contributed by atoms with Crippen LogP contribution in [0, 0.1) is 0 Å². The second kappa shape index (κ2) is 5.36. The lowest BCUT2D eigenvalue weighted by Gasteiger charge is -2.12. The second-order valence-corrected chi connectivity index (χ2v) is 3.75. The first-order valence-corrected chi connectivity index (χ1v) is 5.60. The molecule has 0 saturated heterocycles. The van der Waals surface area contributed by atoms with Crippen LogP contribution in [0.15, 0.2) is 43.0 Å². The molecule has 0 radical (unpaired) electrons. The van der Waals surface area contributed by atoms with Gasteiger partial charge in [0.15, 0.2) is 6.29 Å². The summed E-state index contributed by atoms with van der Waals surface area (Å²) >= 11 is 0. The molecule has 3 nitrogen and oxygen atoms in total. The van der Waals surface area contributed by atoms with Gasteiger partial charge in [0.05, 0.1) is 7.11 Å². The fourth-order valence-corrected chi connectivity index (χ4v) is 1.92. The molecule has 2 aromatic rings. The van der Waals surface area contributed by atoms with Crippen molar-refractivity contribution in [2.24, 2.45) is 0 Å². The Labute approximate surface area is 106 Å². The molecule has 0 heterocycles. The van der Waals surface area contributed by atoms with E-state index in [1.165, 1.54) is 0 Å². The molecule has 0 aliphatic heterocycles. The Hall–Kier alpha value is -2.29. The van der Waals surface area contributed by atoms with Crippen LogP contribution in [-0.2, 0) is 0 Å². The molecule has 0 aliphatic rings. The maximum absolute atomic E-state index is 11.1. The number of hydrogen-bond donors (Lipinski definition) is 0. The molecule has 0 atom stereocenters. The molecule has 0 fully saturated rings. The van der Waals surface area contributed by atoms with E-state index in [0.29, 0.717) is 17.9 Å². The molecular weight excluding hydrogens is 228 g/mol. The fourth-order valence-electron chi connectivity index (χ4n) is 1.92. The molecule has 0 spiro atoms. The number of methoxy groups -OCH3 is 1. The molecule has 18 heavy (non-hydrogen) atoms. The number of rotatable bonds is 5. The lowest BCUT2D eigenvalue weighted by atomic mass is 10.0. The van der Waals surface area contributed by atoms with Gasteiger partial charge < -0.3 is 9.47 Å². The van der Waals surface area contributed by atoms with Crippen molar-refractivity contribution < 1.29 is 14.3 Å². The number of hydrogen-bond acceptors (Lipinski definition) is 3. The van der Waals surface area contributed by atoms with E-state index >= 15 is 0 Å². The predicted molar refractivity (Wildman–Crippen MR) is 71.6 cm³/mol. The van der Waals surface area contributed by atoms with Gasteiger partial charge in [-0.3, -0.25) is 4.79 Å². The van der Waals surface area contributed by atoms with Gasteiger partial charge in [-0.05, 0) is 18.2 Å². The first-order valence-electron chi connectivity index (χ1n) is 5.60. The van der Waals surface area contributed by atoms with Gasteiger partial charge in [0.2, 0.25) is 0 Å². The first-order chi connectivity index (χ1) is 8.81. The van der Waals surface area contributed by atoms with Crippen molar-refractivity contribution in [3.63, 3.8) is 0 Å². The van der Waals surface area contributed by atoms with E-state index in [2.05, 4.69) is 6.58 Å². The molecule has 0 aliphatic carbocycles. The maximum Gasteiger partial charge on any atom is 0.150 e. The molecule has 0 aromatic heterocycles. The van der Waals surface area contributed by atoms with Crippen molar-refractivity contribution in [1.82, 2.24) is 0 Å². The van der Waals surface area contributed by atoms with E-state index in [9.17, 15) is 4.79 Å². The highest BCUT2D eigenvalue weighted by molar-refractivity contribution is 6.04. The number of carbonyl (C=O) groups is 1. The van der Waals surface area contributed by atoms with Gasteiger partial charge in [-0.25, -0.2) is 0 Å². The molecule has 0 N–H and O–H groups in total. The van der Waals surface area contributed by atoms with Gasteiger partial charge >= 0.3 is 0 Å². The van der Waals surface area contributed by atoms with Crippen LogP contribution in [0.3, 0.4) is 0 Å². The monoisotopic (exact) mass is 242 g/mol. The minimum atomic E-state index is 0.397. The van der Waals surface area contributed by atoms with Gasteiger partial charge in [-0.2, -0.15) is 0 Å². The molecule has 0 bridgehead atoms. The van der Waals surface area contributed by atoms with Crippen LogP contribution >= 0.6 is 0 Å². The third kappa shape index (κ3) is 2.07. The highest BCUT2D eigenvalue weighted by Gasteiger charge is 2.10. The summed E-state index contributed by atoms with van der Waals surface area (Å²) in [5.74, 6) is 1.38. The van der Waals surface area contributed by atoms with E-state index in [0.717, 1.165) is 22.8 Å². The van der Waals surface area contributed by atoms with Crippen LogP contribution in [0.1, 0.15) is 10.4 Å². The lowest BCUT2D eigenvalue weighted by molar-refractivity contribution is 0.112. The summed E-state index contributed by atoms with van der Waals surface area (Å²) in [6, 6.07) is 9.12. The summed E-state index contributed by atoms with van der Waals surface area (Å²) in [5, 5.41) is 1.64. The number of ether oxygens (including phenoxy) is 2. The van der Waals surface area contributed by atoms with Gasteiger partial charge in [-0.15, -0.1) is 0 Å². The zero-order chi connectivity index (χ0) is 13.0. The Morgan fingerprint density at radius 2 is 2.06 bits per heavy atom. The van der Waals surface area contributed by atoms with E-state index in [1.807, 2.05) is 18.2 Å². The maximum atomic E-state index is 11.1. The van der Waals surface area contributed by atoms with Gasteiger partial charge in [0.1, 0.15) is 18.1 Å². The topological polar surface area (TPSA) is 35.5 Å². The van der Waals surface area contributed by atoms with Crippen molar-refractivity contribution in [2.45, 2.75) is 0 Å². The van der Waals surface area contributed by atoms with Crippen molar-refractivity contribution in [3.05, 3.63) is 48.6 Å². The van der Waals surface area contributed by atoms with Crippen molar-refractivity contribution in [2.75, 3.05) is 13.7 Å². The first kappa shape index (κ1) is 12.2. The summed E-state index contributed by atoms with van der Waals surface area (Å²) < 4.78 is 10.9. The quantitative estimate of drug-likeness (QED) is 0.596. The minimum Gasteiger partial charge on any atom is -0.496 e. The van der Waals surface area contributed by atoms with E-state index in [1.54, 1.807) is 25.3 Å². The molecular formula is C15H14O3. The van der Waals surface area contributed by atoms with Crippen LogP contribution in [0.25, 0.3) is 10.8 Å². The Balaban J connectivity index is 2.71. The Bertz CT molecular complexity index is 588. The van der Waals surface area contributed by atoms with Crippen molar-refractivity contribution in [3.8, 4) is 11.5 Å². The number of carbonyl (C=O) groups excluding carboxylic acids is 1. The Morgan fingerprint density at radius 1 is 1.22 bits per heavy atom. The summed E-state index contributed by atoms with van der Waals surface area (Å²) in [7, 11) is 1.60. The predicted octanol–water partition coefficient (Wildman–Crippen LogP) is 3.23. The van der Waals surface area contributed by atoms with Gasteiger partial charge in [0.25, 0.3) is 0 Å². The molecule has 2 aromatic carbocycles. The SMILES string of the molecule is C=CCOc1cccc2c(OC)ccc(C=O)c12. The summed E-state index contributed by atoms with van der Waals surface area (Å²) in [6.45, 7) is 4.01. The van der Waals surface area contributed by atoms with E-state index in [4.69, 9.17) is 9.47 Å². The molecule has 92 valence electrons. The summed E-state index contributed by atoms with van der Waals surface area (Å²) in [5.41, 5.74) is 0.588. The molecule has 3 heteroatoms. The smallest absolute Gasteiger partial charge is 0.150 e. The molecule has 2 rings (SSSR count). The Kier molecular flexibility index (Phi) is 3.63. The zero-order valence-electron chi connectivity index (χ0n) is 10.2. The fraction of sp³-hybridized carbons (Fsp3) is 0.133. The average Bonchev–Trinajstić information content (AvgIpc) is 2.43. The molecule has 0 saturated carbocycles. The van der Waals surface area contributed by atoms with E-state index < -0.39 is 0 Å². The molecule has 0 unspecified atom stereocenters. The standard InChI is InChI=1S/C15H14O3/c1-3-9-18-14-6-4-5-12-13(17-2)8-7-11(10-16)15(12)14/h3-8,10H,1,9H2,2H3. The van der Waals surface area contributed by atoms with Crippen LogP contribution in [-0.4, -0.2) is 20.0 Å². The van der Waals surface area contributed by atoms with Crippen LogP contribution in [0.4, 0.5) is 0 Å². The third-order valence-electron chi connectivity index (χ3n) is 2.70. The highest BCUT2D eigenvalue weighted by atomic mass is 16.5. The second-order valence-electron chi connectivity index (χ2n) is 3.75. The molecule has 0 amide bonds. The van der Waals surface area contributed by atoms with Gasteiger partial charge in [0, 0.05) is 16.3 Å². The van der Waals surface area contributed by atoms with Crippen LogP contribution < -0.4 is 9.47 Å². The zero-order valence-corrected chi connectivity index (χ0v) is 10.2. The normalized spacial score (nSPS) is 10.1. The summed E-state index contributed by atoms with van der Waals surface area (Å²) in [4.78, 5) is 11.1. The Morgan fingerprint density at radius 3 is 2.72 bits per heavy atom. The van der Waals surface area contributed by atoms with E-state index in [-0.39, 0.29) is 0 Å².